The molecule has 0 atom stereocenters. The van der Waals surface area contributed by atoms with Crippen LogP contribution in [0.1, 0.15) is 41.4 Å². The molecule has 3 rings (SSSR count). The molecule has 0 bridgehead atoms. The Bertz CT molecular complexity index is 985. The molecular weight excluding hydrogens is 388 g/mol. The summed E-state index contributed by atoms with van der Waals surface area (Å²) in [5.74, 6) is 0.338. The molecule has 26 heavy (non-hydrogen) atoms. The molecule has 0 aliphatic rings. The van der Waals surface area contributed by atoms with Gasteiger partial charge >= 0.3 is 0 Å². The van der Waals surface area contributed by atoms with Crippen molar-refractivity contribution in [3.05, 3.63) is 76.4 Å². The number of carbonyl (C=O) groups excluding carboxylic acids is 1. The summed E-state index contributed by atoms with van der Waals surface area (Å²) in [5.41, 5.74) is 4.78. The fourth-order valence-corrected chi connectivity index (χ4v) is 3.67. The van der Waals surface area contributed by atoms with E-state index in [2.05, 4.69) is 59.9 Å². The molecule has 1 heterocycles. The first kappa shape index (κ1) is 18.5. The second-order valence-corrected chi connectivity index (χ2v) is 7.68. The first-order chi connectivity index (χ1) is 12.4. The minimum Gasteiger partial charge on any atom is -0.332 e. The van der Waals surface area contributed by atoms with Crippen molar-refractivity contribution in [2.24, 2.45) is 0 Å². The highest BCUT2D eigenvalue weighted by Gasteiger charge is 2.20. The zero-order chi connectivity index (χ0) is 18.8. The predicted octanol–water partition coefficient (Wildman–Crippen LogP) is 6.27. The number of allylic oxidation sites excluding steroid dienone is 1. The average Bonchev–Trinajstić information content (AvgIpc) is 2.87. The minimum absolute atomic E-state index is 0.107. The number of amides is 1. The molecule has 4 heteroatoms. The Balaban J connectivity index is 2.11. The van der Waals surface area contributed by atoms with Gasteiger partial charge < -0.3 is 9.88 Å². The number of rotatable bonds is 5. The Labute approximate surface area is 162 Å². The Morgan fingerprint density at radius 1 is 1.27 bits per heavy atom. The lowest BCUT2D eigenvalue weighted by Gasteiger charge is -2.10. The molecule has 0 aliphatic carbocycles. The zero-order valence-electron chi connectivity index (χ0n) is 15.3. The summed E-state index contributed by atoms with van der Waals surface area (Å²) in [6.45, 7) is 10.8. The van der Waals surface area contributed by atoms with E-state index in [1.807, 2.05) is 41.8 Å². The van der Waals surface area contributed by atoms with Gasteiger partial charge in [0.05, 0.1) is 0 Å². The molecule has 3 aromatic rings. The Kier molecular flexibility index (Phi) is 5.33. The number of halogens is 1. The van der Waals surface area contributed by atoms with Crippen LogP contribution in [0.25, 0.3) is 10.9 Å². The summed E-state index contributed by atoms with van der Waals surface area (Å²) in [6, 6.07) is 14.1. The lowest BCUT2D eigenvalue weighted by Crippen LogP contribution is -2.18. The monoisotopic (exact) mass is 410 g/mol. The molecule has 0 saturated heterocycles. The largest absolute Gasteiger partial charge is 0.332 e. The van der Waals surface area contributed by atoms with Gasteiger partial charge in [-0.25, -0.2) is 0 Å². The van der Waals surface area contributed by atoms with Gasteiger partial charge in [0.15, 0.2) is 0 Å². The molecule has 0 aliphatic heterocycles. The van der Waals surface area contributed by atoms with Crippen LogP contribution in [0.5, 0.6) is 0 Å². The van der Waals surface area contributed by atoms with Crippen LogP contribution in [0.2, 0.25) is 0 Å². The number of aromatic nitrogens is 1. The van der Waals surface area contributed by atoms with E-state index in [0.29, 0.717) is 18.2 Å². The highest BCUT2D eigenvalue weighted by atomic mass is 79.9. The van der Waals surface area contributed by atoms with Crippen LogP contribution >= 0.6 is 15.9 Å². The number of aryl methyl sites for hydroxylation is 1. The third-order valence-corrected chi connectivity index (χ3v) is 5.11. The normalized spacial score (nSPS) is 11.1. The van der Waals surface area contributed by atoms with E-state index in [1.165, 1.54) is 5.56 Å². The van der Waals surface area contributed by atoms with Crippen LogP contribution in [0.15, 0.2) is 59.6 Å². The second kappa shape index (κ2) is 7.50. The maximum atomic E-state index is 13.0. The van der Waals surface area contributed by atoms with Crippen molar-refractivity contribution >= 4 is 38.4 Å². The highest BCUT2D eigenvalue weighted by Crippen LogP contribution is 2.30. The van der Waals surface area contributed by atoms with Crippen LogP contribution in [0.3, 0.4) is 0 Å². The average molecular weight is 411 g/mol. The maximum Gasteiger partial charge on any atom is 0.272 e. The molecule has 134 valence electrons. The van der Waals surface area contributed by atoms with Gasteiger partial charge in [0.25, 0.3) is 5.91 Å². The second-order valence-electron chi connectivity index (χ2n) is 6.77. The summed E-state index contributed by atoms with van der Waals surface area (Å²) in [5, 5.41) is 4.14. The van der Waals surface area contributed by atoms with Crippen molar-refractivity contribution in [3.8, 4) is 0 Å². The molecule has 0 unspecified atom stereocenters. The van der Waals surface area contributed by atoms with Crippen LogP contribution in [-0.4, -0.2) is 10.5 Å². The number of hydrogen-bond acceptors (Lipinski definition) is 1. The summed E-state index contributed by atoms with van der Waals surface area (Å²) >= 11 is 3.44. The van der Waals surface area contributed by atoms with Crippen molar-refractivity contribution in [1.29, 1.82) is 0 Å². The van der Waals surface area contributed by atoms with E-state index in [0.717, 1.165) is 26.6 Å². The van der Waals surface area contributed by atoms with E-state index in [-0.39, 0.29) is 5.91 Å². The predicted molar refractivity (Wildman–Crippen MR) is 113 cm³/mol. The van der Waals surface area contributed by atoms with Crippen molar-refractivity contribution < 1.29 is 4.79 Å². The number of fused-ring (bicyclic) bond motifs is 1. The van der Waals surface area contributed by atoms with Gasteiger partial charge in [-0.2, -0.15) is 0 Å². The molecule has 0 spiro atoms. The van der Waals surface area contributed by atoms with Crippen molar-refractivity contribution in [2.75, 3.05) is 5.32 Å². The first-order valence-corrected chi connectivity index (χ1v) is 9.52. The molecule has 1 aromatic heterocycles. The Morgan fingerprint density at radius 3 is 2.69 bits per heavy atom. The fraction of sp³-hybridized carbons (Fsp3) is 0.227. The van der Waals surface area contributed by atoms with Crippen molar-refractivity contribution in [1.82, 2.24) is 4.57 Å². The Hall–Kier alpha value is -2.33. The van der Waals surface area contributed by atoms with Gasteiger partial charge in [-0.05, 0) is 54.3 Å². The van der Waals surface area contributed by atoms with E-state index < -0.39 is 0 Å². The number of hydrogen-bond donors (Lipinski definition) is 1. The third-order valence-electron chi connectivity index (χ3n) is 4.62. The van der Waals surface area contributed by atoms with Crippen molar-refractivity contribution in [3.63, 3.8) is 0 Å². The molecule has 1 N–H and O–H groups in total. The van der Waals surface area contributed by atoms with E-state index in [1.54, 1.807) is 0 Å². The van der Waals surface area contributed by atoms with Crippen LogP contribution in [0, 0.1) is 6.92 Å². The SMILES string of the molecule is C=CCn1c(C(=O)Nc2cccc(Br)c2)c(C)c2cc(C(C)C)ccc21. The van der Waals surface area contributed by atoms with Gasteiger partial charge in [0.1, 0.15) is 5.69 Å². The Morgan fingerprint density at radius 2 is 2.04 bits per heavy atom. The molecule has 0 saturated carbocycles. The van der Waals surface area contributed by atoms with Gasteiger partial charge in [0.2, 0.25) is 0 Å². The van der Waals surface area contributed by atoms with Gasteiger partial charge in [-0.1, -0.05) is 48.0 Å². The summed E-state index contributed by atoms with van der Waals surface area (Å²) in [7, 11) is 0. The van der Waals surface area contributed by atoms with Gasteiger partial charge in [0, 0.05) is 27.6 Å². The lowest BCUT2D eigenvalue weighted by atomic mass is 10.0. The van der Waals surface area contributed by atoms with Crippen molar-refractivity contribution in [2.45, 2.75) is 33.2 Å². The zero-order valence-corrected chi connectivity index (χ0v) is 16.9. The third kappa shape index (κ3) is 3.47. The molecule has 3 nitrogen and oxygen atoms in total. The smallest absolute Gasteiger partial charge is 0.272 e. The topological polar surface area (TPSA) is 34.0 Å². The van der Waals surface area contributed by atoms with Crippen LogP contribution < -0.4 is 5.32 Å². The maximum absolute atomic E-state index is 13.0. The molecule has 2 aromatic carbocycles. The molecule has 1 amide bonds. The molecule has 0 fully saturated rings. The number of nitrogens with one attached hydrogen (secondary N) is 1. The molecular formula is C22H23BrN2O. The number of benzene rings is 2. The number of nitrogens with zero attached hydrogens (tertiary/aromatic N) is 1. The summed E-state index contributed by atoms with van der Waals surface area (Å²) in [6.07, 6.45) is 1.82. The number of carbonyl (C=O) groups is 1. The highest BCUT2D eigenvalue weighted by molar-refractivity contribution is 9.10. The summed E-state index contributed by atoms with van der Waals surface area (Å²) in [4.78, 5) is 13.0. The summed E-state index contributed by atoms with van der Waals surface area (Å²) < 4.78 is 2.97. The standard InChI is InChI=1S/C22H23BrN2O/c1-5-11-25-20-10-9-16(14(2)3)12-19(20)15(4)21(25)22(26)24-18-8-6-7-17(23)13-18/h5-10,12-14H,1,11H2,2-4H3,(H,24,26). The lowest BCUT2D eigenvalue weighted by molar-refractivity contribution is 0.101. The number of anilines is 1. The van der Waals surface area contributed by atoms with E-state index >= 15 is 0 Å². The van der Waals surface area contributed by atoms with Crippen LogP contribution in [0.4, 0.5) is 5.69 Å². The quantitative estimate of drug-likeness (QED) is 0.493. The molecule has 0 radical (unpaired) electrons. The first-order valence-electron chi connectivity index (χ1n) is 8.73. The van der Waals surface area contributed by atoms with Gasteiger partial charge in [-0.3, -0.25) is 4.79 Å². The fourth-order valence-electron chi connectivity index (χ4n) is 3.27. The van der Waals surface area contributed by atoms with E-state index in [4.69, 9.17) is 0 Å². The van der Waals surface area contributed by atoms with Crippen LogP contribution in [-0.2, 0) is 6.54 Å². The minimum atomic E-state index is -0.107. The van der Waals surface area contributed by atoms with E-state index in [9.17, 15) is 4.79 Å². The van der Waals surface area contributed by atoms with Gasteiger partial charge in [-0.15, -0.1) is 6.58 Å².